The average molecular weight is 218 g/mol. The van der Waals surface area contributed by atoms with E-state index in [-0.39, 0.29) is 0 Å². The summed E-state index contributed by atoms with van der Waals surface area (Å²) in [4.78, 5) is 16.2. The lowest BCUT2D eigenvalue weighted by molar-refractivity contribution is 0.0330. The Balaban J connectivity index is 3.32. The van der Waals surface area contributed by atoms with E-state index in [2.05, 4.69) is 17.7 Å². The number of rotatable bonds is 6. The molecule has 0 aliphatic carbocycles. The van der Waals surface area contributed by atoms with Crippen LogP contribution in [0.5, 0.6) is 0 Å². The van der Waals surface area contributed by atoms with E-state index in [0.717, 1.165) is 13.0 Å². The van der Waals surface area contributed by atoms with Crippen LogP contribution in [0.1, 0.15) is 34.1 Å². The summed E-state index contributed by atoms with van der Waals surface area (Å²) in [7, 11) is 0. The largest absolute Gasteiger partial charge is 0.444 e. The van der Waals surface area contributed by atoms with E-state index in [1.54, 1.807) is 0 Å². The molecule has 2 N–H and O–H groups in total. The summed E-state index contributed by atoms with van der Waals surface area (Å²) in [5.41, 5.74) is 2.31. The Morgan fingerprint density at radius 3 is 2.47 bits per heavy atom. The zero-order chi connectivity index (χ0) is 11.7. The minimum atomic E-state index is -0.453. The van der Waals surface area contributed by atoms with Gasteiger partial charge in [-0.3, -0.25) is 4.84 Å². The van der Waals surface area contributed by atoms with Crippen LogP contribution in [-0.2, 0) is 9.57 Å². The highest BCUT2D eigenvalue weighted by molar-refractivity contribution is 5.67. The van der Waals surface area contributed by atoms with E-state index < -0.39 is 11.7 Å². The Morgan fingerprint density at radius 1 is 1.27 bits per heavy atom. The van der Waals surface area contributed by atoms with Crippen molar-refractivity contribution in [3.63, 3.8) is 0 Å². The van der Waals surface area contributed by atoms with Crippen LogP contribution >= 0.6 is 0 Å². The Kier molecular flexibility index (Phi) is 7.07. The topological polar surface area (TPSA) is 59.6 Å². The van der Waals surface area contributed by atoms with Crippen molar-refractivity contribution in [1.29, 1.82) is 0 Å². The summed E-state index contributed by atoms with van der Waals surface area (Å²) in [6.45, 7) is 9.20. The number of alkyl carbamates (subject to hydrolysis) is 1. The Hall–Kier alpha value is -0.810. The van der Waals surface area contributed by atoms with Gasteiger partial charge < -0.3 is 10.1 Å². The van der Waals surface area contributed by atoms with E-state index in [0.29, 0.717) is 13.2 Å². The van der Waals surface area contributed by atoms with Crippen LogP contribution in [0.2, 0.25) is 0 Å². The van der Waals surface area contributed by atoms with E-state index in [1.807, 2.05) is 20.8 Å². The third-order valence-electron chi connectivity index (χ3n) is 1.33. The highest BCUT2D eigenvalue weighted by Crippen LogP contribution is 2.05. The van der Waals surface area contributed by atoms with Gasteiger partial charge in [0.15, 0.2) is 0 Å². The first-order valence-electron chi connectivity index (χ1n) is 5.27. The van der Waals surface area contributed by atoms with Gasteiger partial charge in [0.25, 0.3) is 0 Å². The van der Waals surface area contributed by atoms with Crippen molar-refractivity contribution in [2.45, 2.75) is 39.7 Å². The van der Waals surface area contributed by atoms with Crippen LogP contribution in [-0.4, -0.2) is 31.4 Å². The summed E-state index contributed by atoms with van der Waals surface area (Å²) in [5.74, 6) is 0. The number of hydrogen-bond donors (Lipinski definition) is 2. The third kappa shape index (κ3) is 11.1. The molecule has 0 rings (SSSR count). The maximum absolute atomic E-state index is 11.1. The second-order valence-corrected chi connectivity index (χ2v) is 4.17. The van der Waals surface area contributed by atoms with Crippen LogP contribution in [0.25, 0.3) is 0 Å². The number of nitrogens with one attached hydrogen (secondary N) is 2. The smallest absolute Gasteiger partial charge is 0.407 e. The third-order valence-corrected chi connectivity index (χ3v) is 1.33. The number of carbonyl (C=O) groups is 1. The first-order chi connectivity index (χ1) is 6.95. The number of ether oxygens (including phenoxy) is 1. The van der Waals surface area contributed by atoms with Crippen molar-refractivity contribution in [2.75, 3.05) is 19.7 Å². The van der Waals surface area contributed by atoms with Crippen molar-refractivity contribution >= 4 is 6.09 Å². The van der Waals surface area contributed by atoms with Gasteiger partial charge in [0.1, 0.15) is 5.60 Å². The Morgan fingerprint density at radius 2 is 1.93 bits per heavy atom. The lowest BCUT2D eigenvalue weighted by Gasteiger charge is -2.19. The van der Waals surface area contributed by atoms with E-state index >= 15 is 0 Å². The summed E-state index contributed by atoms with van der Waals surface area (Å²) in [5, 5.41) is 2.59. The van der Waals surface area contributed by atoms with Gasteiger partial charge in [0, 0.05) is 13.1 Å². The summed E-state index contributed by atoms with van der Waals surface area (Å²) >= 11 is 0. The molecule has 0 saturated carbocycles. The monoisotopic (exact) mass is 218 g/mol. The van der Waals surface area contributed by atoms with Gasteiger partial charge in [-0.25, -0.2) is 10.3 Å². The molecule has 0 bridgehead atoms. The highest BCUT2D eigenvalue weighted by atomic mass is 16.6. The second kappa shape index (κ2) is 7.48. The predicted octanol–water partition coefficient (Wildman–Crippen LogP) is 1.44. The quantitative estimate of drug-likeness (QED) is 0.523. The molecule has 0 aromatic heterocycles. The number of hydroxylamine groups is 1. The lowest BCUT2D eigenvalue weighted by Crippen LogP contribution is -2.35. The summed E-state index contributed by atoms with van der Waals surface area (Å²) in [6.07, 6.45) is 0.598. The minimum Gasteiger partial charge on any atom is -0.444 e. The summed E-state index contributed by atoms with van der Waals surface area (Å²) < 4.78 is 5.04. The van der Waals surface area contributed by atoms with Crippen LogP contribution in [0, 0.1) is 0 Å². The Bertz CT molecular complexity index is 178. The molecule has 5 heteroatoms. The molecular weight excluding hydrogens is 196 g/mol. The molecule has 0 saturated heterocycles. The van der Waals surface area contributed by atoms with Gasteiger partial charge in [-0.05, 0) is 27.2 Å². The van der Waals surface area contributed by atoms with Gasteiger partial charge in [-0.2, -0.15) is 0 Å². The van der Waals surface area contributed by atoms with Gasteiger partial charge in [-0.1, -0.05) is 6.92 Å². The molecule has 0 heterocycles. The van der Waals surface area contributed by atoms with Crippen molar-refractivity contribution < 1.29 is 14.4 Å². The van der Waals surface area contributed by atoms with Crippen LogP contribution < -0.4 is 10.8 Å². The fraction of sp³-hybridized carbons (Fsp3) is 0.900. The molecule has 0 unspecified atom stereocenters. The van der Waals surface area contributed by atoms with Crippen molar-refractivity contribution in [3.8, 4) is 0 Å². The second-order valence-electron chi connectivity index (χ2n) is 4.17. The SMILES string of the molecule is CCCNOCCNC(=O)OC(C)(C)C. The standard InChI is InChI=1S/C10H22N2O3/c1-5-6-12-14-8-7-11-9(13)15-10(2,3)4/h12H,5-8H2,1-4H3,(H,11,13). The molecule has 0 radical (unpaired) electrons. The number of amides is 1. The van der Waals surface area contributed by atoms with Crippen LogP contribution in [0.4, 0.5) is 4.79 Å². The molecule has 0 aromatic carbocycles. The molecule has 90 valence electrons. The normalized spacial score (nSPS) is 11.2. The molecule has 0 aliphatic heterocycles. The molecule has 1 amide bonds. The van der Waals surface area contributed by atoms with E-state index in [9.17, 15) is 4.79 Å². The molecule has 0 spiro atoms. The van der Waals surface area contributed by atoms with E-state index in [4.69, 9.17) is 9.57 Å². The molecule has 0 aliphatic rings. The fourth-order valence-corrected chi connectivity index (χ4v) is 0.765. The van der Waals surface area contributed by atoms with Crippen molar-refractivity contribution in [1.82, 2.24) is 10.8 Å². The van der Waals surface area contributed by atoms with Crippen LogP contribution in [0.15, 0.2) is 0 Å². The molecule has 0 aromatic rings. The highest BCUT2D eigenvalue weighted by Gasteiger charge is 2.15. The fourth-order valence-electron chi connectivity index (χ4n) is 0.765. The lowest BCUT2D eigenvalue weighted by atomic mass is 10.2. The predicted molar refractivity (Wildman–Crippen MR) is 58.5 cm³/mol. The van der Waals surface area contributed by atoms with Gasteiger partial charge in [0.05, 0.1) is 6.61 Å². The van der Waals surface area contributed by atoms with Crippen molar-refractivity contribution in [3.05, 3.63) is 0 Å². The Labute approximate surface area is 91.5 Å². The van der Waals surface area contributed by atoms with Crippen LogP contribution in [0.3, 0.4) is 0 Å². The van der Waals surface area contributed by atoms with Gasteiger partial charge in [-0.15, -0.1) is 0 Å². The zero-order valence-electron chi connectivity index (χ0n) is 10.1. The first kappa shape index (κ1) is 14.2. The average Bonchev–Trinajstić information content (AvgIpc) is 2.08. The maximum atomic E-state index is 11.1. The molecule has 5 nitrogen and oxygen atoms in total. The van der Waals surface area contributed by atoms with Crippen molar-refractivity contribution in [2.24, 2.45) is 0 Å². The molecular formula is C10H22N2O3. The maximum Gasteiger partial charge on any atom is 0.407 e. The van der Waals surface area contributed by atoms with E-state index in [1.165, 1.54) is 0 Å². The number of hydrogen-bond acceptors (Lipinski definition) is 4. The summed E-state index contributed by atoms with van der Waals surface area (Å²) in [6, 6.07) is 0. The van der Waals surface area contributed by atoms with Gasteiger partial charge in [0.2, 0.25) is 0 Å². The minimum absolute atomic E-state index is 0.415. The first-order valence-corrected chi connectivity index (χ1v) is 5.27. The molecule has 0 fully saturated rings. The zero-order valence-corrected chi connectivity index (χ0v) is 10.1. The molecule has 15 heavy (non-hydrogen) atoms. The number of carbonyl (C=O) groups excluding carboxylic acids is 1. The molecule has 0 atom stereocenters. The van der Waals surface area contributed by atoms with Gasteiger partial charge >= 0.3 is 6.09 Å².